The van der Waals surface area contributed by atoms with Crippen molar-refractivity contribution in [2.45, 2.75) is 17.9 Å². The van der Waals surface area contributed by atoms with Crippen LogP contribution in [0.3, 0.4) is 0 Å². The third-order valence-electron chi connectivity index (χ3n) is 2.49. The molecule has 90 valence electrons. The quantitative estimate of drug-likeness (QED) is 0.849. The zero-order valence-electron chi connectivity index (χ0n) is 9.39. The van der Waals surface area contributed by atoms with Gasteiger partial charge in [0, 0.05) is 16.2 Å². The lowest BCUT2D eigenvalue weighted by Gasteiger charge is -2.10. The molecule has 17 heavy (non-hydrogen) atoms. The first-order valence-electron chi connectivity index (χ1n) is 5.28. The molecule has 0 saturated carbocycles. The van der Waals surface area contributed by atoms with Crippen molar-refractivity contribution in [2.24, 2.45) is 0 Å². The fourth-order valence-corrected chi connectivity index (χ4v) is 2.76. The first kappa shape index (κ1) is 12.6. The van der Waals surface area contributed by atoms with Crippen molar-refractivity contribution < 1.29 is 9.52 Å². The molecule has 1 N–H and O–H groups in total. The number of hydrogen-bond acceptors (Lipinski definition) is 3. The maximum atomic E-state index is 10.0. The number of aliphatic hydroxyl groups excluding tert-OH is 1. The Morgan fingerprint density at radius 1 is 1.35 bits per heavy atom. The molecule has 2 nitrogen and oxygen atoms in total. The number of halogens is 1. The SMILES string of the molecule is Cc1occc1C(O)CSc1ccccc1Cl. The van der Waals surface area contributed by atoms with Gasteiger partial charge in [-0.2, -0.15) is 0 Å². The van der Waals surface area contributed by atoms with E-state index in [4.69, 9.17) is 16.0 Å². The van der Waals surface area contributed by atoms with Crippen molar-refractivity contribution in [3.63, 3.8) is 0 Å². The predicted octanol–water partition coefficient (Wildman–Crippen LogP) is 4.07. The highest BCUT2D eigenvalue weighted by molar-refractivity contribution is 7.99. The molecule has 0 fully saturated rings. The van der Waals surface area contributed by atoms with Crippen molar-refractivity contribution in [3.8, 4) is 0 Å². The van der Waals surface area contributed by atoms with Crippen molar-refractivity contribution in [1.29, 1.82) is 0 Å². The van der Waals surface area contributed by atoms with Gasteiger partial charge in [-0.25, -0.2) is 0 Å². The largest absolute Gasteiger partial charge is 0.469 e. The maximum absolute atomic E-state index is 10.0. The van der Waals surface area contributed by atoms with Gasteiger partial charge in [0.1, 0.15) is 5.76 Å². The number of furan rings is 1. The minimum atomic E-state index is -0.532. The molecule has 0 aliphatic heterocycles. The highest BCUT2D eigenvalue weighted by Gasteiger charge is 2.13. The third kappa shape index (κ3) is 3.06. The summed E-state index contributed by atoms with van der Waals surface area (Å²) in [5.41, 5.74) is 0.838. The van der Waals surface area contributed by atoms with E-state index in [0.29, 0.717) is 10.8 Å². The summed E-state index contributed by atoms with van der Waals surface area (Å²) in [6.45, 7) is 1.85. The van der Waals surface area contributed by atoms with Gasteiger partial charge in [0.25, 0.3) is 0 Å². The predicted molar refractivity (Wildman–Crippen MR) is 70.6 cm³/mol. The summed E-state index contributed by atoms with van der Waals surface area (Å²) in [6.07, 6.45) is 1.06. The zero-order chi connectivity index (χ0) is 12.3. The summed E-state index contributed by atoms with van der Waals surface area (Å²) in [6, 6.07) is 9.42. The topological polar surface area (TPSA) is 33.4 Å². The summed E-state index contributed by atoms with van der Waals surface area (Å²) >= 11 is 7.58. The number of thioether (sulfide) groups is 1. The fraction of sp³-hybridized carbons (Fsp3) is 0.231. The Kier molecular flexibility index (Phi) is 4.15. The van der Waals surface area contributed by atoms with Crippen molar-refractivity contribution >= 4 is 23.4 Å². The Morgan fingerprint density at radius 3 is 2.76 bits per heavy atom. The minimum Gasteiger partial charge on any atom is -0.469 e. The van der Waals surface area contributed by atoms with E-state index in [0.717, 1.165) is 16.2 Å². The second kappa shape index (κ2) is 5.63. The van der Waals surface area contributed by atoms with Crippen molar-refractivity contribution in [2.75, 3.05) is 5.75 Å². The third-order valence-corrected chi connectivity index (χ3v) is 4.08. The van der Waals surface area contributed by atoms with Crippen LogP contribution < -0.4 is 0 Å². The molecule has 2 rings (SSSR count). The molecule has 0 bridgehead atoms. The molecule has 2 aromatic rings. The van der Waals surface area contributed by atoms with Crippen molar-refractivity contribution in [1.82, 2.24) is 0 Å². The molecular weight excluding hydrogens is 256 g/mol. The zero-order valence-corrected chi connectivity index (χ0v) is 11.0. The normalized spacial score (nSPS) is 12.6. The molecule has 1 aromatic heterocycles. The summed E-state index contributed by atoms with van der Waals surface area (Å²) < 4.78 is 5.17. The van der Waals surface area contributed by atoms with E-state index in [1.54, 1.807) is 12.3 Å². The average Bonchev–Trinajstić information content (AvgIpc) is 2.74. The molecular formula is C13H13ClO2S. The van der Waals surface area contributed by atoms with E-state index in [9.17, 15) is 5.11 Å². The molecule has 0 radical (unpaired) electrons. The van der Waals surface area contributed by atoms with E-state index >= 15 is 0 Å². The van der Waals surface area contributed by atoms with Gasteiger partial charge in [0.05, 0.1) is 17.4 Å². The van der Waals surface area contributed by atoms with Crippen LogP contribution in [0.5, 0.6) is 0 Å². The number of hydrogen-bond donors (Lipinski definition) is 1. The summed E-state index contributed by atoms with van der Waals surface area (Å²) in [5.74, 6) is 1.32. The van der Waals surface area contributed by atoms with Gasteiger partial charge in [0.15, 0.2) is 0 Å². The molecule has 1 atom stereocenters. The van der Waals surface area contributed by atoms with E-state index in [2.05, 4.69) is 0 Å². The van der Waals surface area contributed by atoms with Gasteiger partial charge in [-0.15, -0.1) is 11.8 Å². The number of aliphatic hydroxyl groups is 1. The summed E-state index contributed by atoms with van der Waals surface area (Å²) in [4.78, 5) is 0.981. The van der Waals surface area contributed by atoms with Gasteiger partial charge >= 0.3 is 0 Å². The van der Waals surface area contributed by atoms with Gasteiger partial charge in [-0.3, -0.25) is 0 Å². The first-order chi connectivity index (χ1) is 8.18. The van der Waals surface area contributed by atoms with Crippen LogP contribution >= 0.6 is 23.4 Å². The maximum Gasteiger partial charge on any atom is 0.106 e. The molecule has 1 heterocycles. The molecule has 0 spiro atoms. The Balaban J connectivity index is 2.00. The lowest BCUT2D eigenvalue weighted by molar-refractivity contribution is 0.202. The van der Waals surface area contributed by atoms with Crippen LogP contribution in [0.25, 0.3) is 0 Å². The van der Waals surface area contributed by atoms with Gasteiger partial charge in [0.2, 0.25) is 0 Å². The Labute approximate surface area is 110 Å². The molecule has 0 amide bonds. The van der Waals surface area contributed by atoms with Crippen LogP contribution in [-0.2, 0) is 0 Å². The first-order valence-corrected chi connectivity index (χ1v) is 6.64. The Bertz CT molecular complexity index is 496. The lowest BCUT2D eigenvalue weighted by Crippen LogP contribution is -2.00. The van der Waals surface area contributed by atoms with Crippen LogP contribution in [0.15, 0.2) is 45.9 Å². The molecule has 0 saturated heterocycles. The summed E-state index contributed by atoms with van der Waals surface area (Å²) in [5, 5.41) is 10.7. The number of aryl methyl sites for hydroxylation is 1. The van der Waals surface area contributed by atoms with Crippen LogP contribution in [0.4, 0.5) is 0 Å². The second-order valence-electron chi connectivity index (χ2n) is 3.69. The lowest BCUT2D eigenvalue weighted by atomic mass is 10.2. The van der Waals surface area contributed by atoms with Crippen LogP contribution in [0, 0.1) is 6.92 Å². The molecule has 1 aromatic carbocycles. The highest BCUT2D eigenvalue weighted by atomic mass is 35.5. The van der Waals surface area contributed by atoms with Crippen LogP contribution in [0.1, 0.15) is 17.4 Å². The van der Waals surface area contributed by atoms with E-state index in [1.807, 2.05) is 31.2 Å². The van der Waals surface area contributed by atoms with Crippen LogP contribution in [0.2, 0.25) is 5.02 Å². The fourth-order valence-electron chi connectivity index (χ4n) is 1.56. The standard InChI is InChI=1S/C13H13ClO2S/c1-9-10(6-7-16-9)12(15)8-17-13-5-3-2-4-11(13)14/h2-7,12,15H,8H2,1H3. The molecule has 0 aliphatic rings. The van der Waals surface area contributed by atoms with E-state index in [1.165, 1.54) is 11.8 Å². The molecule has 1 unspecified atom stereocenters. The van der Waals surface area contributed by atoms with Crippen LogP contribution in [-0.4, -0.2) is 10.9 Å². The highest BCUT2D eigenvalue weighted by Crippen LogP contribution is 2.31. The van der Waals surface area contributed by atoms with Gasteiger partial charge in [-0.05, 0) is 25.1 Å². The van der Waals surface area contributed by atoms with Crippen molar-refractivity contribution in [3.05, 3.63) is 52.9 Å². The molecule has 0 aliphatic carbocycles. The Morgan fingerprint density at radius 2 is 2.12 bits per heavy atom. The van der Waals surface area contributed by atoms with Gasteiger partial charge < -0.3 is 9.52 Å². The van der Waals surface area contributed by atoms with Gasteiger partial charge in [-0.1, -0.05) is 23.7 Å². The monoisotopic (exact) mass is 268 g/mol. The average molecular weight is 269 g/mol. The van der Waals surface area contributed by atoms with E-state index < -0.39 is 6.10 Å². The van der Waals surface area contributed by atoms with E-state index in [-0.39, 0.29) is 0 Å². The minimum absolute atomic E-state index is 0.532. The number of benzene rings is 1. The smallest absolute Gasteiger partial charge is 0.106 e. The Hall–Kier alpha value is -0.900. The molecule has 4 heteroatoms. The second-order valence-corrected chi connectivity index (χ2v) is 5.16. The number of rotatable bonds is 4. The summed E-state index contributed by atoms with van der Waals surface area (Å²) in [7, 11) is 0.